The van der Waals surface area contributed by atoms with Gasteiger partial charge < -0.3 is 25.4 Å². The van der Waals surface area contributed by atoms with Gasteiger partial charge >= 0.3 is 11.9 Å². The average molecular weight is 283 g/mol. The summed E-state index contributed by atoms with van der Waals surface area (Å²) in [4.78, 5) is 22.5. The van der Waals surface area contributed by atoms with Crippen LogP contribution in [0.5, 0.6) is 0 Å². The second-order valence-corrected chi connectivity index (χ2v) is 4.13. The lowest BCUT2D eigenvalue weighted by molar-refractivity contribution is -0.144. The predicted octanol–water partition coefficient (Wildman–Crippen LogP) is 0.0128. The Hall–Kier alpha value is -2.12. The quantitative estimate of drug-likeness (QED) is 0.514. The molecule has 0 aliphatic carbocycles. The van der Waals surface area contributed by atoms with Gasteiger partial charge in [0, 0.05) is 5.69 Å². The number of nitrogens with two attached hydrogens (primary N) is 1. The second kappa shape index (κ2) is 6.88. The van der Waals surface area contributed by atoms with Gasteiger partial charge in [-0.1, -0.05) is 6.07 Å². The zero-order valence-electron chi connectivity index (χ0n) is 11.2. The number of hydrogen-bond acceptors (Lipinski definition) is 7. The van der Waals surface area contributed by atoms with Crippen LogP contribution in [0.15, 0.2) is 18.2 Å². The largest absolute Gasteiger partial charge is 0.469 e. The molecule has 2 unspecified atom stereocenters. The lowest BCUT2D eigenvalue weighted by Gasteiger charge is -2.18. The Morgan fingerprint density at radius 3 is 2.45 bits per heavy atom. The number of carbonyl (C=O) groups is 2. The minimum absolute atomic E-state index is 0.0781. The SMILES string of the molecule is COC(=O)CC(O)C(O)c1ccc(N)c(C(=O)OC)c1. The van der Waals surface area contributed by atoms with Gasteiger partial charge in [0.2, 0.25) is 0 Å². The first-order valence-corrected chi connectivity index (χ1v) is 5.81. The monoisotopic (exact) mass is 283 g/mol. The van der Waals surface area contributed by atoms with E-state index in [1.165, 1.54) is 32.4 Å². The van der Waals surface area contributed by atoms with Crippen LogP contribution in [0.1, 0.15) is 28.4 Å². The average Bonchev–Trinajstić information content (AvgIpc) is 2.45. The van der Waals surface area contributed by atoms with Gasteiger partial charge in [-0.2, -0.15) is 0 Å². The van der Waals surface area contributed by atoms with Gasteiger partial charge in [0.05, 0.1) is 32.3 Å². The first-order chi connectivity index (χ1) is 9.40. The van der Waals surface area contributed by atoms with Gasteiger partial charge in [-0.15, -0.1) is 0 Å². The van der Waals surface area contributed by atoms with E-state index < -0.39 is 24.1 Å². The number of ether oxygens (including phenoxy) is 2. The number of esters is 2. The molecule has 1 rings (SSSR count). The van der Waals surface area contributed by atoms with Crippen LogP contribution in [0.25, 0.3) is 0 Å². The molecular formula is C13H17NO6. The Balaban J connectivity index is 2.96. The Bertz CT molecular complexity index is 502. The van der Waals surface area contributed by atoms with Crippen molar-refractivity contribution in [2.75, 3.05) is 20.0 Å². The van der Waals surface area contributed by atoms with Crippen LogP contribution in [0.3, 0.4) is 0 Å². The zero-order chi connectivity index (χ0) is 15.3. The summed E-state index contributed by atoms with van der Waals surface area (Å²) in [7, 11) is 2.39. The van der Waals surface area contributed by atoms with Crippen molar-refractivity contribution in [2.45, 2.75) is 18.6 Å². The van der Waals surface area contributed by atoms with E-state index in [0.29, 0.717) is 0 Å². The fraction of sp³-hybridized carbons (Fsp3) is 0.385. The molecule has 1 aromatic carbocycles. The highest BCUT2D eigenvalue weighted by Gasteiger charge is 2.23. The minimum atomic E-state index is -1.35. The zero-order valence-corrected chi connectivity index (χ0v) is 11.2. The smallest absolute Gasteiger partial charge is 0.339 e. The molecule has 1 aromatic rings. The summed E-state index contributed by atoms with van der Waals surface area (Å²) in [5, 5.41) is 19.7. The van der Waals surface area contributed by atoms with Crippen LogP contribution in [0.2, 0.25) is 0 Å². The number of nitrogen functional groups attached to an aromatic ring is 1. The molecular weight excluding hydrogens is 266 g/mol. The van der Waals surface area contributed by atoms with E-state index in [1.807, 2.05) is 0 Å². The molecule has 0 aromatic heterocycles. The fourth-order valence-electron chi connectivity index (χ4n) is 1.63. The summed E-state index contributed by atoms with van der Waals surface area (Å²) < 4.78 is 8.96. The molecule has 0 saturated carbocycles. The van der Waals surface area contributed by atoms with E-state index in [4.69, 9.17) is 5.73 Å². The molecule has 0 fully saturated rings. The van der Waals surface area contributed by atoms with Crippen molar-refractivity contribution >= 4 is 17.6 Å². The molecule has 0 heterocycles. The summed E-state index contributed by atoms with van der Waals surface area (Å²) in [5.74, 6) is -1.31. The molecule has 0 radical (unpaired) electrons. The molecule has 0 saturated heterocycles. The summed E-state index contributed by atoms with van der Waals surface area (Å²) in [5.41, 5.74) is 6.14. The molecule has 7 heteroatoms. The van der Waals surface area contributed by atoms with Crippen LogP contribution >= 0.6 is 0 Å². The molecule has 0 aliphatic rings. The number of carbonyl (C=O) groups excluding carboxylic acids is 2. The topological polar surface area (TPSA) is 119 Å². The van der Waals surface area contributed by atoms with Gasteiger partial charge in [-0.05, 0) is 17.7 Å². The lowest BCUT2D eigenvalue weighted by Crippen LogP contribution is -2.23. The van der Waals surface area contributed by atoms with Crippen molar-refractivity contribution < 1.29 is 29.3 Å². The molecule has 0 spiro atoms. The van der Waals surface area contributed by atoms with Crippen molar-refractivity contribution in [1.82, 2.24) is 0 Å². The van der Waals surface area contributed by atoms with Gasteiger partial charge in [-0.3, -0.25) is 4.79 Å². The first-order valence-electron chi connectivity index (χ1n) is 5.81. The van der Waals surface area contributed by atoms with E-state index in [2.05, 4.69) is 9.47 Å². The standard InChI is InChI=1S/C13H17NO6/c1-19-11(16)6-10(15)12(17)7-3-4-9(14)8(5-7)13(18)20-2/h3-5,10,12,15,17H,6,14H2,1-2H3. The molecule has 0 amide bonds. The van der Waals surface area contributed by atoms with E-state index >= 15 is 0 Å². The minimum Gasteiger partial charge on any atom is -0.469 e. The lowest BCUT2D eigenvalue weighted by atomic mass is 9.99. The number of hydrogen-bond donors (Lipinski definition) is 3. The highest BCUT2D eigenvalue weighted by molar-refractivity contribution is 5.95. The van der Waals surface area contributed by atoms with Crippen molar-refractivity contribution in [3.8, 4) is 0 Å². The van der Waals surface area contributed by atoms with Gasteiger partial charge in [0.15, 0.2) is 0 Å². The number of aliphatic hydroxyl groups excluding tert-OH is 2. The third kappa shape index (κ3) is 3.69. The Morgan fingerprint density at radius 2 is 1.90 bits per heavy atom. The van der Waals surface area contributed by atoms with Gasteiger partial charge in [-0.25, -0.2) is 4.79 Å². The Labute approximate surface area is 115 Å². The molecule has 0 aliphatic heterocycles. The van der Waals surface area contributed by atoms with E-state index in [-0.39, 0.29) is 23.2 Å². The van der Waals surface area contributed by atoms with Crippen molar-refractivity contribution in [3.05, 3.63) is 29.3 Å². The van der Waals surface area contributed by atoms with Crippen LogP contribution in [0, 0.1) is 0 Å². The maximum absolute atomic E-state index is 11.5. The van der Waals surface area contributed by atoms with Crippen LogP contribution in [0.4, 0.5) is 5.69 Å². The molecule has 0 bridgehead atoms. The number of methoxy groups -OCH3 is 2. The summed E-state index contributed by atoms with van der Waals surface area (Å²) in [6.45, 7) is 0. The molecule has 110 valence electrons. The van der Waals surface area contributed by atoms with E-state index in [9.17, 15) is 19.8 Å². The second-order valence-electron chi connectivity index (χ2n) is 4.13. The highest BCUT2D eigenvalue weighted by atomic mass is 16.5. The number of anilines is 1. The Kier molecular flexibility index (Phi) is 5.48. The number of aliphatic hydroxyl groups is 2. The first kappa shape index (κ1) is 15.9. The maximum atomic E-state index is 11.5. The highest BCUT2D eigenvalue weighted by Crippen LogP contribution is 2.23. The van der Waals surface area contributed by atoms with Crippen molar-refractivity contribution in [3.63, 3.8) is 0 Å². The summed E-state index contributed by atoms with van der Waals surface area (Å²) >= 11 is 0. The van der Waals surface area contributed by atoms with Gasteiger partial charge in [0.1, 0.15) is 6.10 Å². The number of benzene rings is 1. The maximum Gasteiger partial charge on any atom is 0.339 e. The van der Waals surface area contributed by atoms with Crippen LogP contribution in [-0.4, -0.2) is 42.5 Å². The molecule has 7 nitrogen and oxygen atoms in total. The predicted molar refractivity (Wildman–Crippen MR) is 69.8 cm³/mol. The molecule has 4 N–H and O–H groups in total. The summed E-state index contributed by atoms with van der Waals surface area (Å²) in [6, 6.07) is 4.18. The van der Waals surface area contributed by atoms with Gasteiger partial charge in [0.25, 0.3) is 0 Å². The van der Waals surface area contributed by atoms with Crippen molar-refractivity contribution in [2.24, 2.45) is 0 Å². The van der Waals surface area contributed by atoms with E-state index in [1.54, 1.807) is 0 Å². The normalized spacial score (nSPS) is 13.4. The number of rotatable bonds is 5. The van der Waals surface area contributed by atoms with Crippen molar-refractivity contribution in [1.29, 1.82) is 0 Å². The fourth-order valence-corrected chi connectivity index (χ4v) is 1.63. The Morgan fingerprint density at radius 1 is 1.25 bits per heavy atom. The third-order valence-electron chi connectivity index (χ3n) is 2.79. The van der Waals surface area contributed by atoms with Crippen LogP contribution < -0.4 is 5.73 Å². The molecule has 20 heavy (non-hydrogen) atoms. The third-order valence-corrected chi connectivity index (χ3v) is 2.79. The van der Waals surface area contributed by atoms with E-state index in [0.717, 1.165) is 0 Å². The molecule has 2 atom stereocenters. The van der Waals surface area contributed by atoms with Crippen LogP contribution in [-0.2, 0) is 14.3 Å². The summed E-state index contributed by atoms with van der Waals surface area (Å²) in [6.07, 6.45) is -3.06.